The fraction of sp³-hybridized carbons (Fsp3) is 0.833. The Morgan fingerprint density at radius 3 is 2.82 bits per heavy atom. The Labute approximate surface area is 103 Å². The summed E-state index contributed by atoms with van der Waals surface area (Å²) in [5.74, 6) is 0.680. The summed E-state index contributed by atoms with van der Waals surface area (Å²) in [4.78, 5) is 2.10. The average molecular weight is 238 g/mol. The molecule has 1 fully saturated rings. The van der Waals surface area contributed by atoms with Gasteiger partial charge in [-0.05, 0) is 39.2 Å². The molecule has 2 rings (SSSR count). The van der Waals surface area contributed by atoms with Crippen LogP contribution in [0.3, 0.4) is 0 Å². The Bertz CT molecular complexity index is 348. The zero-order valence-corrected chi connectivity index (χ0v) is 10.9. The van der Waals surface area contributed by atoms with Gasteiger partial charge in [0.25, 0.3) is 0 Å². The second kappa shape index (κ2) is 5.49. The normalized spacial score (nSPS) is 17.8. The van der Waals surface area contributed by atoms with Crippen molar-refractivity contribution in [1.29, 1.82) is 0 Å². The summed E-state index contributed by atoms with van der Waals surface area (Å²) in [5.41, 5.74) is 0. The van der Waals surface area contributed by atoms with Crippen LogP contribution in [0.4, 0.5) is 6.01 Å². The van der Waals surface area contributed by atoms with Crippen LogP contribution in [0.1, 0.15) is 51.5 Å². The Balaban J connectivity index is 1.94. The SMILES string of the molecule is CCCNC(C)c1nnc(N(C)C2CCC2)o1. The van der Waals surface area contributed by atoms with Crippen LogP contribution in [-0.4, -0.2) is 29.8 Å². The summed E-state index contributed by atoms with van der Waals surface area (Å²) in [7, 11) is 2.03. The van der Waals surface area contributed by atoms with E-state index in [1.54, 1.807) is 0 Å². The Hall–Kier alpha value is -1.10. The maximum atomic E-state index is 5.70. The number of rotatable bonds is 6. The first-order chi connectivity index (χ1) is 8.22. The second-order valence-corrected chi connectivity index (χ2v) is 4.79. The summed E-state index contributed by atoms with van der Waals surface area (Å²) < 4.78 is 5.70. The van der Waals surface area contributed by atoms with Crippen LogP contribution in [0.25, 0.3) is 0 Å². The first-order valence-corrected chi connectivity index (χ1v) is 6.52. The van der Waals surface area contributed by atoms with E-state index in [4.69, 9.17) is 4.42 Å². The number of aromatic nitrogens is 2. The number of nitrogens with one attached hydrogen (secondary N) is 1. The first-order valence-electron chi connectivity index (χ1n) is 6.52. The number of anilines is 1. The van der Waals surface area contributed by atoms with Crippen molar-refractivity contribution in [2.45, 2.75) is 51.6 Å². The fourth-order valence-electron chi connectivity index (χ4n) is 1.92. The Kier molecular flexibility index (Phi) is 3.99. The van der Waals surface area contributed by atoms with Crippen molar-refractivity contribution >= 4 is 6.01 Å². The molecule has 96 valence electrons. The van der Waals surface area contributed by atoms with E-state index in [0.29, 0.717) is 17.9 Å². The van der Waals surface area contributed by atoms with Crippen molar-refractivity contribution in [2.24, 2.45) is 0 Å². The van der Waals surface area contributed by atoms with E-state index < -0.39 is 0 Å². The van der Waals surface area contributed by atoms with Gasteiger partial charge >= 0.3 is 6.01 Å². The Morgan fingerprint density at radius 1 is 1.47 bits per heavy atom. The minimum Gasteiger partial charge on any atom is -0.406 e. The quantitative estimate of drug-likeness (QED) is 0.822. The fourth-order valence-corrected chi connectivity index (χ4v) is 1.92. The molecule has 17 heavy (non-hydrogen) atoms. The largest absolute Gasteiger partial charge is 0.406 e. The summed E-state index contributed by atoms with van der Waals surface area (Å²) in [6.07, 6.45) is 4.88. The minimum atomic E-state index is 0.131. The molecule has 1 unspecified atom stereocenters. The van der Waals surface area contributed by atoms with Crippen molar-refractivity contribution in [3.8, 4) is 0 Å². The van der Waals surface area contributed by atoms with Crippen molar-refractivity contribution < 1.29 is 4.42 Å². The number of nitrogens with zero attached hydrogens (tertiary/aromatic N) is 3. The van der Waals surface area contributed by atoms with Gasteiger partial charge in [-0.15, -0.1) is 5.10 Å². The van der Waals surface area contributed by atoms with Crippen LogP contribution in [0.2, 0.25) is 0 Å². The van der Waals surface area contributed by atoms with Gasteiger partial charge in [0.15, 0.2) is 0 Å². The van der Waals surface area contributed by atoms with E-state index in [2.05, 4.69) is 34.3 Å². The molecule has 0 amide bonds. The summed E-state index contributed by atoms with van der Waals surface area (Å²) in [6.45, 7) is 5.16. The lowest BCUT2D eigenvalue weighted by atomic mass is 9.92. The molecule has 1 atom stereocenters. The Morgan fingerprint density at radius 2 is 2.24 bits per heavy atom. The van der Waals surface area contributed by atoms with Crippen LogP contribution >= 0.6 is 0 Å². The molecule has 5 nitrogen and oxygen atoms in total. The van der Waals surface area contributed by atoms with E-state index >= 15 is 0 Å². The van der Waals surface area contributed by atoms with Gasteiger partial charge in [-0.2, -0.15) is 0 Å². The molecule has 0 aliphatic heterocycles. The molecule has 1 aromatic heterocycles. The third-order valence-corrected chi connectivity index (χ3v) is 3.43. The second-order valence-electron chi connectivity index (χ2n) is 4.79. The van der Waals surface area contributed by atoms with Crippen molar-refractivity contribution in [3.05, 3.63) is 5.89 Å². The highest BCUT2D eigenvalue weighted by Crippen LogP contribution is 2.27. The molecule has 0 saturated heterocycles. The molecular weight excluding hydrogens is 216 g/mol. The third-order valence-electron chi connectivity index (χ3n) is 3.43. The van der Waals surface area contributed by atoms with Crippen molar-refractivity contribution in [3.63, 3.8) is 0 Å². The highest BCUT2D eigenvalue weighted by atomic mass is 16.4. The lowest BCUT2D eigenvalue weighted by Crippen LogP contribution is -2.37. The van der Waals surface area contributed by atoms with Gasteiger partial charge in [-0.3, -0.25) is 0 Å². The lowest BCUT2D eigenvalue weighted by molar-refractivity contribution is 0.364. The molecular formula is C12H22N4O. The molecule has 1 aliphatic rings. The van der Waals surface area contributed by atoms with Crippen molar-refractivity contribution in [2.75, 3.05) is 18.5 Å². The topological polar surface area (TPSA) is 54.2 Å². The van der Waals surface area contributed by atoms with Crippen LogP contribution in [-0.2, 0) is 0 Å². The first kappa shape index (κ1) is 12.4. The average Bonchev–Trinajstić information content (AvgIpc) is 2.72. The maximum Gasteiger partial charge on any atom is 0.318 e. The number of hydrogen-bond donors (Lipinski definition) is 1. The van der Waals surface area contributed by atoms with E-state index in [-0.39, 0.29) is 6.04 Å². The van der Waals surface area contributed by atoms with E-state index in [9.17, 15) is 0 Å². The smallest absolute Gasteiger partial charge is 0.318 e. The molecule has 0 aromatic carbocycles. The molecule has 0 bridgehead atoms. The highest BCUT2D eigenvalue weighted by molar-refractivity contribution is 5.26. The molecule has 0 radical (unpaired) electrons. The highest BCUT2D eigenvalue weighted by Gasteiger charge is 2.26. The summed E-state index contributed by atoms with van der Waals surface area (Å²) >= 11 is 0. The van der Waals surface area contributed by atoms with Crippen LogP contribution in [0.15, 0.2) is 4.42 Å². The van der Waals surface area contributed by atoms with E-state index in [1.807, 2.05) is 7.05 Å². The molecule has 1 N–H and O–H groups in total. The summed E-state index contributed by atoms with van der Waals surface area (Å²) in [5, 5.41) is 11.6. The van der Waals surface area contributed by atoms with Crippen LogP contribution in [0.5, 0.6) is 0 Å². The summed E-state index contributed by atoms with van der Waals surface area (Å²) in [6, 6.07) is 1.36. The van der Waals surface area contributed by atoms with Crippen molar-refractivity contribution in [1.82, 2.24) is 15.5 Å². The molecule has 0 spiro atoms. The lowest BCUT2D eigenvalue weighted by Gasteiger charge is -2.33. The predicted molar refractivity (Wildman–Crippen MR) is 67.0 cm³/mol. The van der Waals surface area contributed by atoms with Crippen LogP contribution < -0.4 is 10.2 Å². The van der Waals surface area contributed by atoms with Crippen LogP contribution in [0, 0.1) is 0 Å². The third kappa shape index (κ3) is 2.77. The molecule has 1 aromatic rings. The van der Waals surface area contributed by atoms with Gasteiger partial charge in [-0.25, -0.2) is 0 Å². The maximum absolute atomic E-state index is 5.70. The molecule has 1 aliphatic carbocycles. The molecule has 5 heteroatoms. The monoisotopic (exact) mass is 238 g/mol. The van der Waals surface area contributed by atoms with Gasteiger partial charge in [0.1, 0.15) is 0 Å². The zero-order valence-electron chi connectivity index (χ0n) is 10.9. The minimum absolute atomic E-state index is 0.131. The number of hydrogen-bond acceptors (Lipinski definition) is 5. The van der Waals surface area contributed by atoms with Gasteiger partial charge in [0.05, 0.1) is 6.04 Å². The molecule has 1 saturated carbocycles. The van der Waals surface area contributed by atoms with E-state index in [1.165, 1.54) is 19.3 Å². The van der Waals surface area contributed by atoms with E-state index in [0.717, 1.165) is 13.0 Å². The van der Waals surface area contributed by atoms with Gasteiger partial charge in [-0.1, -0.05) is 12.0 Å². The van der Waals surface area contributed by atoms with Gasteiger partial charge < -0.3 is 14.6 Å². The van der Waals surface area contributed by atoms with Gasteiger partial charge in [0.2, 0.25) is 5.89 Å². The standard InChI is InChI=1S/C12H22N4O/c1-4-8-13-9(2)11-14-15-12(17-11)16(3)10-6-5-7-10/h9-10,13H,4-8H2,1-3H3. The zero-order chi connectivity index (χ0) is 12.3. The molecule has 1 heterocycles. The van der Waals surface area contributed by atoms with Gasteiger partial charge in [0, 0.05) is 13.1 Å². The predicted octanol–water partition coefficient (Wildman–Crippen LogP) is 2.12.